The van der Waals surface area contributed by atoms with Gasteiger partial charge in [-0.2, -0.15) is 0 Å². The highest BCUT2D eigenvalue weighted by Gasteiger charge is 2.01. The lowest BCUT2D eigenvalue weighted by Crippen LogP contribution is -1.96. The summed E-state index contributed by atoms with van der Waals surface area (Å²) >= 11 is 1.83. The fourth-order valence-corrected chi connectivity index (χ4v) is 2.50. The SMILES string of the molecule is Cc1ccsc1Cc1ccc(CN)cc1. The molecule has 1 aromatic heterocycles. The van der Waals surface area contributed by atoms with Gasteiger partial charge in [-0.25, -0.2) is 0 Å². The lowest BCUT2D eigenvalue weighted by atomic mass is 10.1. The predicted octanol–water partition coefficient (Wildman–Crippen LogP) is 3.11. The molecule has 0 aliphatic rings. The van der Waals surface area contributed by atoms with Crippen molar-refractivity contribution in [3.8, 4) is 0 Å². The smallest absolute Gasteiger partial charge is 0.0178 e. The van der Waals surface area contributed by atoms with Crippen LogP contribution in [0.1, 0.15) is 21.6 Å². The van der Waals surface area contributed by atoms with Crippen LogP contribution in [0.2, 0.25) is 0 Å². The van der Waals surface area contributed by atoms with E-state index in [4.69, 9.17) is 5.73 Å². The molecule has 1 nitrogen and oxygen atoms in total. The second-order valence-corrected chi connectivity index (χ2v) is 4.72. The number of benzene rings is 1. The molecular weight excluding hydrogens is 202 g/mol. The van der Waals surface area contributed by atoms with Gasteiger partial charge in [0.05, 0.1) is 0 Å². The van der Waals surface area contributed by atoms with Gasteiger partial charge in [0, 0.05) is 17.8 Å². The Balaban J connectivity index is 2.14. The van der Waals surface area contributed by atoms with Gasteiger partial charge in [0.2, 0.25) is 0 Å². The van der Waals surface area contributed by atoms with Gasteiger partial charge in [-0.05, 0) is 35.1 Å². The van der Waals surface area contributed by atoms with Crippen molar-refractivity contribution in [1.29, 1.82) is 0 Å². The van der Waals surface area contributed by atoms with Crippen LogP contribution in [0.5, 0.6) is 0 Å². The van der Waals surface area contributed by atoms with E-state index >= 15 is 0 Å². The molecule has 0 radical (unpaired) electrons. The number of hydrogen-bond donors (Lipinski definition) is 1. The molecule has 2 heteroatoms. The summed E-state index contributed by atoms with van der Waals surface area (Å²) in [4.78, 5) is 1.45. The number of rotatable bonds is 3. The summed E-state index contributed by atoms with van der Waals surface area (Å²) in [5, 5.41) is 2.15. The van der Waals surface area contributed by atoms with Crippen molar-refractivity contribution in [3.05, 3.63) is 57.3 Å². The molecule has 0 atom stereocenters. The maximum absolute atomic E-state index is 5.56. The van der Waals surface area contributed by atoms with E-state index in [0.717, 1.165) is 6.42 Å². The molecule has 0 unspecified atom stereocenters. The van der Waals surface area contributed by atoms with Crippen molar-refractivity contribution in [3.63, 3.8) is 0 Å². The van der Waals surface area contributed by atoms with Crippen LogP contribution in [0, 0.1) is 6.92 Å². The van der Waals surface area contributed by atoms with Crippen LogP contribution in [0.3, 0.4) is 0 Å². The van der Waals surface area contributed by atoms with Gasteiger partial charge < -0.3 is 5.73 Å². The average Bonchev–Trinajstić information content (AvgIpc) is 2.66. The Morgan fingerprint density at radius 3 is 2.27 bits per heavy atom. The minimum absolute atomic E-state index is 0.623. The fourth-order valence-electron chi connectivity index (χ4n) is 1.56. The normalized spacial score (nSPS) is 10.5. The van der Waals surface area contributed by atoms with Crippen LogP contribution < -0.4 is 5.73 Å². The van der Waals surface area contributed by atoms with Crippen molar-refractivity contribution in [2.45, 2.75) is 19.9 Å². The number of nitrogens with two attached hydrogens (primary N) is 1. The summed E-state index contributed by atoms with van der Waals surface area (Å²) in [6.45, 7) is 2.79. The zero-order valence-corrected chi connectivity index (χ0v) is 9.68. The Hall–Kier alpha value is -1.12. The molecular formula is C13H15NS. The Labute approximate surface area is 94.6 Å². The minimum Gasteiger partial charge on any atom is -0.326 e. The highest BCUT2D eigenvalue weighted by Crippen LogP contribution is 2.19. The van der Waals surface area contributed by atoms with Crippen molar-refractivity contribution < 1.29 is 0 Å². The van der Waals surface area contributed by atoms with Crippen LogP contribution in [-0.2, 0) is 13.0 Å². The second kappa shape index (κ2) is 4.60. The van der Waals surface area contributed by atoms with Crippen molar-refractivity contribution >= 4 is 11.3 Å². The molecule has 15 heavy (non-hydrogen) atoms. The first-order valence-electron chi connectivity index (χ1n) is 5.10. The zero-order valence-electron chi connectivity index (χ0n) is 8.86. The van der Waals surface area contributed by atoms with E-state index in [0.29, 0.717) is 6.54 Å². The van der Waals surface area contributed by atoms with Gasteiger partial charge >= 0.3 is 0 Å². The standard InChI is InChI=1S/C13H15NS/c1-10-6-7-15-13(10)8-11-2-4-12(9-14)5-3-11/h2-7H,8-9,14H2,1H3. The van der Waals surface area contributed by atoms with E-state index in [1.807, 2.05) is 11.3 Å². The molecule has 0 saturated carbocycles. The molecule has 78 valence electrons. The van der Waals surface area contributed by atoms with Gasteiger partial charge in [-0.3, -0.25) is 0 Å². The average molecular weight is 217 g/mol. The van der Waals surface area contributed by atoms with Crippen LogP contribution in [0.15, 0.2) is 35.7 Å². The van der Waals surface area contributed by atoms with Crippen LogP contribution >= 0.6 is 11.3 Å². The van der Waals surface area contributed by atoms with Crippen LogP contribution in [-0.4, -0.2) is 0 Å². The Morgan fingerprint density at radius 2 is 1.73 bits per heavy atom. The first-order valence-corrected chi connectivity index (χ1v) is 5.98. The molecule has 0 amide bonds. The first kappa shape index (κ1) is 10.4. The Morgan fingerprint density at radius 1 is 1.07 bits per heavy atom. The highest BCUT2D eigenvalue weighted by molar-refractivity contribution is 7.10. The molecule has 1 heterocycles. The zero-order chi connectivity index (χ0) is 10.7. The highest BCUT2D eigenvalue weighted by atomic mass is 32.1. The van der Waals surface area contributed by atoms with E-state index in [1.165, 1.54) is 21.6 Å². The molecule has 2 aromatic rings. The van der Waals surface area contributed by atoms with Crippen LogP contribution in [0.4, 0.5) is 0 Å². The maximum atomic E-state index is 5.56. The summed E-state index contributed by atoms with van der Waals surface area (Å²) in [5.41, 5.74) is 9.51. The summed E-state index contributed by atoms with van der Waals surface area (Å²) in [6, 6.07) is 10.7. The summed E-state index contributed by atoms with van der Waals surface area (Å²) in [7, 11) is 0. The van der Waals surface area contributed by atoms with Crippen molar-refractivity contribution in [2.24, 2.45) is 5.73 Å². The molecule has 0 fully saturated rings. The quantitative estimate of drug-likeness (QED) is 0.840. The lowest BCUT2D eigenvalue weighted by Gasteiger charge is -2.02. The van der Waals surface area contributed by atoms with Gasteiger partial charge in [0.1, 0.15) is 0 Å². The fraction of sp³-hybridized carbons (Fsp3) is 0.231. The summed E-state index contributed by atoms with van der Waals surface area (Å²) in [5.74, 6) is 0. The van der Waals surface area contributed by atoms with Crippen molar-refractivity contribution in [2.75, 3.05) is 0 Å². The van der Waals surface area contributed by atoms with E-state index < -0.39 is 0 Å². The van der Waals surface area contributed by atoms with Gasteiger partial charge in [0.15, 0.2) is 0 Å². The third-order valence-corrected chi connectivity index (χ3v) is 3.61. The predicted molar refractivity (Wildman–Crippen MR) is 66.2 cm³/mol. The second-order valence-electron chi connectivity index (χ2n) is 3.72. The third kappa shape index (κ3) is 2.46. The monoisotopic (exact) mass is 217 g/mol. The number of hydrogen-bond acceptors (Lipinski definition) is 2. The number of aryl methyl sites for hydroxylation is 1. The lowest BCUT2D eigenvalue weighted by molar-refractivity contribution is 1.06. The Bertz CT molecular complexity index is 428. The molecule has 0 saturated heterocycles. The summed E-state index contributed by atoms with van der Waals surface area (Å²) < 4.78 is 0. The van der Waals surface area contributed by atoms with Gasteiger partial charge in [-0.15, -0.1) is 11.3 Å². The van der Waals surface area contributed by atoms with Gasteiger partial charge in [0.25, 0.3) is 0 Å². The van der Waals surface area contributed by atoms with Crippen molar-refractivity contribution in [1.82, 2.24) is 0 Å². The molecule has 0 spiro atoms. The first-order chi connectivity index (χ1) is 7.29. The molecule has 0 bridgehead atoms. The maximum Gasteiger partial charge on any atom is 0.0178 e. The van der Waals surface area contributed by atoms with E-state index in [9.17, 15) is 0 Å². The topological polar surface area (TPSA) is 26.0 Å². The van der Waals surface area contributed by atoms with Crippen LogP contribution in [0.25, 0.3) is 0 Å². The molecule has 2 N–H and O–H groups in total. The molecule has 0 aliphatic heterocycles. The molecule has 1 aromatic carbocycles. The minimum atomic E-state index is 0.623. The Kier molecular flexibility index (Phi) is 3.19. The third-order valence-electron chi connectivity index (χ3n) is 2.59. The summed E-state index contributed by atoms with van der Waals surface area (Å²) in [6.07, 6.45) is 1.04. The number of thiophene rings is 1. The van der Waals surface area contributed by atoms with E-state index in [-0.39, 0.29) is 0 Å². The van der Waals surface area contributed by atoms with Gasteiger partial charge in [-0.1, -0.05) is 24.3 Å². The van der Waals surface area contributed by atoms with E-state index in [1.54, 1.807) is 0 Å². The molecule has 2 rings (SSSR count). The largest absolute Gasteiger partial charge is 0.326 e. The van der Waals surface area contributed by atoms with E-state index in [2.05, 4.69) is 42.6 Å². The molecule has 0 aliphatic carbocycles.